The molecule has 2 aliphatic heterocycles. The largest absolute Gasteiger partial charge is 0.486 e. The Morgan fingerprint density at radius 3 is 2.52 bits per heavy atom. The summed E-state index contributed by atoms with van der Waals surface area (Å²) in [6.07, 6.45) is -0.706. The van der Waals surface area contributed by atoms with Crippen LogP contribution in [0.25, 0.3) is 0 Å². The molecule has 1 N–H and O–H groups in total. The molecule has 9 heteroatoms. The molecule has 3 atom stereocenters. The number of sulfonamides is 1. The van der Waals surface area contributed by atoms with E-state index in [9.17, 15) is 13.2 Å². The third-order valence-corrected chi connectivity index (χ3v) is 7.01. The summed E-state index contributed by atoms with van der Waals surface area (Å²) in [5.41, 5.74) is 0.271. The second-order valence-electron chi connectivity index (χ2n) is 7.81. The van der Waals surface area contributed by atoms with Crippen LogP contribution in [0.15, 0.2) is 53.4 Å². The van der Waals surface area contributed by atoms with E-state index in [-0.39, 0.29) is 54.3 Å². The normalized spacial score (nSPS) is 23.9. The van der Waals surface area contributed by atoms with E-state index in [2.05, 4.69) is 5.32 Å². The average molecular weight is 447 g/mol. The molecule has 0 unspecified atom stereocenters. The van der Waals surface area contributed by atoms with Crippen LogP contribution >= 0.6 is 0 Å². The highest BCUT2D eigenvalue weighted by Crippen LogP contribution is 2.30. The van der Waals surface area contributed by atoms with Gasteiger partial charge in [-0.2, -0.15) is 4.31 Å². The Bertz CT molecular complexity index is 1050. The van der Waals surface area contributed by atoms with Crippen molar-refractivity contribution in [3.63, 3.8) is 0 Å². The molecule has 1 saturated heterocycles. The zero-order valence-corrected chi connectivity index (χ0v) is 18.3. The molecule has 2 heterocycles. The number of carbonyl (C=O) groups excluding carboxylic acids is 1. The summed E-state index contributed by atoms with van der Waals surface area (Å²) in [7, 11) is -3.72. The van der Waals surface area contributed by atoms with Crippen molar-refractivity contribution in [1.82, 2.24) is 9.62 Å². The summed E-state index contributed by atoms with van der Waals surface area (Å²) in [6, 6.07) is 13.4. The molecule has 31 heavy (non-hydrogen) atoms. The van der Waals surface area contributed by atoms with Gasteiger partial charge >= 0.3 is 0 Å². The molecule has 166 valence electrons. The number of hydrogen-bond donors (Lipinski definition) is 1. The number of nitrogens with zero attached hydrogens (tertiary/aromatic N) is 1. The Hall–Kier alpha value is -2.62. The lowest BCUT2D eigenvalue weighted by Gasteiger charge is -2.34. The molecule has 0 bridgehead atoms. The average Bonchev–Trinajstić information content (AvgIpc) is 2.76. The lowest BCUT2D eigenvalue weighted by molar-refractivity contribution is -0.0440. The Labute approximate surface area is 182 Å². The third-order valence-electron chi connectivity index (χ3n) is 5.18. The predicted molar refractivity (Wildman–Crippen MR) is 114 cm³/mol. The van der Waals surface area contributed by atoms with E-state index in [4.69, 9.17) is 14.2 Å². The first-order valence-electron chi connectivity index (χ1n) is 10.3. The molecule has 0 aromatic heterocycles. The fraction of sp³-hybridized carbons (Fsp3) is 0.409. The smallest absolute Gasteiger partial charge is 0.251 e. The van der Waals surface area contributed by atoms with Gasteiger partial charge in [0.1, 0.15) is 12.7 Å². The standard InChI is InChI=1S/C22H26N2O6S/c1-15-12-24(13-16(2)29-15)31(26,27)19-7-5-6-17(10-19)22(25)23-11-18-14-28-20-8-3-4-9-21(20)30-18/h3-10,15-16,18H,11-14H2,1-2H3,(H,23,25)/t15-,16-,18-/m1/s1. The highest BCUT2D eigenvalue weighted by Gasteiger charge is 2.32. The number of amides is 1. The maximum atomic E-state index is 13.1. The van der Waals surface area contributed by atoms with E-state index in [0.717, 1.165) is 0 Å². The highest BCUT2D eigenvalue weighted by molar-refractivity contribution is 7.89. The van der Waals surface area contributed by atoms with Crippen molar-refractivity contribution in [3.8, 4) is 11.5 Å². The van der Waals surface area contributed by atoms with E-state index < -0.39 is 10.0 Å². The van der Waals surface area contributed by atoms with Gasteiger partial charge in [-0.25, -0.2) is 8.42 Å². The zero-order valence-electron chi connectivity index (χ0n) is 17.5. The number of morpholine rings is 1. The van der Waals surface area contributed by atoms with Crippen LogP contribution < -0.4 is 14.8 Å². The van der Waals surface area contributed by atoms with E-state index in [1.165, 1.54) is 16.4 Å². The SMILES string of the molecule is C[C@@H]1CN(S(=O)(=O)c2cccc(C(=O)NC[C@@H]3COc4ccccc4O3)c2)C[C@@H](C)O1. The van der Waals surface area contributed by atoms with Crippen LogP contribution in [0.1, 0.15) is 24.2 Å². The quantitative estimate of drug-likeness (QED) is 0.756. The number of carbonyl (C=O) groups is 1. The van der Waals surface area contributed by atoms with Crippen LogP contribution in [0.3, 0.4) is 0 Å². The number of rotatable bonds is 5. The van der Waals surface area contributed by atoms with Crippen molar-refractivity contribution in [2.75, 3.05) is 26.2 Å². The molecule has 0 saturated carbocycles. The molecule has 8 nitrogen and oxygen atoms in total. The molecule has 1 amide bonds. The van der Waals surface area contributed by atoms with Gasteiger partial charge in [0.2, 0.25) is 10.0 Å². The summed E-state index contributed by atoms with van der Waals surface area (Å²) < 4.78 is 44.7. The van der Waals surface area contributed by atoms with Crippen molar-refractivity contribution < 1.29 is 27.4 Å². The Morgan fingerprint density at radius 2 is 1.77 bits per heavy atom. The summed E-state index contributed by atoms with van der Waals surface area (Å²) in [6.45, 7) is 4.81. The zero-order chi connectivity index (χ0) is 22.0. The second-order valence-corrected chi connectivity index (χ2v) is 9.75. The van der Waals surface area contributed by atoms with E-state index in [0.29, 0.717) is 18.1 Å². The maximum Gasteiger partial charge on any atom is 0.251 e. The second kappa shape index (κ2) is 8.86. The lowest BCUT2D eigenvalue weighted by atomic mass is 10.2. The number of para-hydroxylation sites is 2. The molecule has 0 spiro atoms. The van der Waals surface area contributed by atoms with Crippen molar-refractivity contribution in [3.05, 3.63) is 54.1 Å². The molecule has 0 radical (unpaired) electrons. The minimum Gasteiger partial charge on any atom is -0.486 e. The Balaban J connectivity index is 1.41. The van der Waals surface area contributed by atoms with Crippen LogP contribution in [0.4, 0.5) is 0 Å². The summed E-state index contributed by atoms with van der Waals surface area (Å²) in [5, 5.41) is 2.80. The van der Waals surface area contributed by atoms with Crippen molar-refractivity contribution in [1.29, 1.82) is 0 Å². The van der Waals surface area contributed by atoms with Crippen LogP contribution in [-0.2, 0) is 14.8 Å². The lowest BCUT2D eigenvalue weighted by Crippen LogP contribution is -2.48. The van der Waals surface area contributed by atoms with E-state index >= 15 is 0 Å². The van der Waals surface area contributed by atoms with Gasteiger partial charge in [-0.1, -0.05) is 18.2 Å². The minimum atomic E-state index is -3.72. The van der Waals surface area contributed by atoms with Crippen molar-refractivity contribution in [2.45, 2.75) is 37.1 Å². The van der Waals surface area contributed by atoms with Gasteiger partial charge in [-0.3, -0.25) is 4.79 Å². The van der Waals surface area contributed by atoms with Crippen LogP contribution in [0, 0.1) is 0 Å². The van der Waals surface area contributed by atoms with E-state index in [1.807, 2.05) is 38.1 Å². The monoisotopic (exact) mass is 446 g/mol. The molecule has 0 aliphatic carbocycles. The Morgan fingerprint density at radius 1 is 1.06 bits per heavy atom. The molecule has 2 aromatic carbocycles. The summed E-state index contributed by atoms with van der Waals surface area (Å²) >= 11 is 0. The predicted octanol–water partition coefficient (Wildman–Crippen LogP) is 2.05. The van der Waals surface area contributed by atoms with Gasteiger partial charge < -0.3 is 19.5 Å². The van der Waals surface area contributed by atoms with Gasteiger partial charge in [0.05, 0.1) is 23.6 Å². The Kier molecular flexibility index (Phi) is 6.17. The number of ether oxygens (including phenoxy) is 3. The fourth-order valence-electron chi connectivity index (χ4n) is 3.75. The molecule has 2 aromatic rings. The van der Waals surface area contributed by atoms with Crippen LogP contribution in [0.5, 0.6) is 11.5 Å². The number of hydrogen-bond acceptors (Lipinski definition) is 6. The summed E-state index contributed by atoms with van der Waals surface area (Å²) in [5.74, 6) is 0.938. The van der Waals surface area contributed by atoms with Gasteiger partial charge in [-0.15, -0.1) is 0 Å². The highest BCUT2D eigenvalue weighted by atomic mass is 32.2. The van der Waals surface area contributed by atoms with Gasteiger partial charge in [0.15, 0.2) is 11.5 Å². The van der Waals surface area contributed by atoms with Gasteiger partial charge in [0.25, 0.3) is 5.91 Å². The molecule has 2 aliphatic rings. The van der Waals surface area contributed by atoms with Crippen LogP contribution in [0.2, 0.25) is 0 Å². The third kappa shape index (κ3) is 4.84. The number of nitrogens with one attached hydrogen (secondary N) is 1. The first-order valence-corrected chi connectivity index (χ1v) is 11.7. The topological polar surface area (TPSA) is 94.2 Å². The molecular weight excluding hydrogens is 420 g/mol. The van der Waals surface area contributed by atoms with Crippen LogP contribution in [-0.4, -0.2) is 63.2 Å². The molecule has 1 fully saturated rings. The molecule has 4 rings (SSSR count). The maximum absolute atomic E-state index is 13.1. The first kappa shape index (κ1) is 21.6. The van der Waals surface area contributed by atoms with Gasteiger partial charge in [0, 0.05) is 18.7 Å². The minimum absolute atomic E-state index is 0.0904. The van der Waals surface area contributed by atoms with Crippen molar-refractivity contribution >= 4 is 15.9 Å². The fourth-order valence-corrected chi connectivity index (χ4v) is 5.38. The first-order chi connectivity index (χ1) is 14.8. The number of fused-ring (bicyclic) bond motifs is 1. The number of benzene rings is 2. The van der Waals surface area contributed by atoms with Crippen molar-refractivity contribution in [2.24, 2.45) is 0 Å². The summed E-state index contributed by atoms with van der Waals surface area (Å²) in [4.78, 5) is 12.7. The van der Waals surface area contributed by atoms with E-state index in [1.54, 1.807) is 12.1 Å². The van der Waals surface area contributed by atoms with Gasteiger partial charge in [-0.05, 0) is 44.2 Å². The molecular formula is C22H26N2O6S.